The van der Waals surface area contributed by atoms with E-state index in [9.17, 15) is 18.0 Å². The van der Waals surface area contributed by atoms with Gasteiger partial charge in [-0.05, 0) is 38.8 Å². The molecule has 28 heavy (non-hydrogen) atoms. The summed E-state index contributed by atoms with van der Waals surface area (Å²) in [6.07, 6.45) is -1.55. The molecule has 2 atom stereocenters. The number of likely N-dealkylation sites (tertiary alicyclic amines) is 1. The van der Waals surface area contributed by atoms with Gasteiger partial charge in [0.25, 0.3) is 5.91 Å². The maximum absolute atomic E-state index is 12.9. The fourth-order valence-electron chi connectivity index (χ4n) is 3.18. The molecule has 3 heterocycles. The molecule has 3 rings (SSSR count). The first-order valence-corrected chi connectivity index (χ1v) is 9.14. The number of halogens is 4. The lowest BCUT2D eigenvalue weighted by Crippen LogP contribution is -2.52. The highest BCUT2D eigenvalue weighted by Gasteiger charge is 2.34. The first kappa shape index (κ1) is 20.3. The van der Waals surface area contributed by atoms with Gasteiger partial charge in [-0.25, -0.2) is 15.0 Å². The summed E-state index contributed by atoms with van der Waals surface area (Å²) in [4.78, 5) is 26.2. The molecule has 0 spiro atoms. The molecule has 1 amide bonds. The summed E-state index contributed by atoms with van der Waals surface area (Å²) in [6, 6.07) is 2.94. The Morgan fingerprint density at radius 3 is 2.57 bits per heavy atom. The fraction of sp³-hybridized carbons (Fsp3) is 0.444. The molecule has 0 aliphatic carbocycles. The molecule has 6 nitrogen and oxygen atoms in total. The third-order valence-corrected chi connectivity index (χ3v) is 5.05. The zero-order chi connectivity index (χ0) is 20.5. The molecule has 0 unspecified atom stereocenters. The molecule has 1 saturated heterocycles. The number of carbonyl (C=O) groups is 1. The van der Waals surface area contributed by atoms with Gasteiger partial charge in [0.2, 0.25) is 5.95 Å². The van der Waals surface area contributed by atoms with Crippen LogP contribution in [0.3, 0.4) is 0 Å². The molecule has 10 heteroatoms. The van der Waals surface area contributed by atoms with Crippen molar-refractivity contribution >= 4 is 23.5 Å². The third-order valence-electron chi connectivity index (χ3n) is 4.76. The fourth-order valence-corrected chi connectivity index (χ4v) is 3.45. The molecule has 1 aliphatic rings. The van der Waals surface area contributed by atoms with E-state index in [0.717, 1.165) is 25.2 Å². The number of hydrogen-bond acceptors (Lipinski definition) is 5. The number of piperidine rings is 1. The number of alkyl halides is 3. The molecule has 0 aromatic carbocycles. The van der Waals surface area contributed by atoms with Gasteiger partial charge < -0.3 is 10.2 Å². The molecule has 0 saturated carbocycles. The normalized spacial score (nSPS) is 20.1. The van der Waals surface area contributed by atoms with Crippen molar-refractivity contribution in [1.82, 2.24) is 19.9 Å². The van der Waals surface area contributed by atoms with Crippen LogP contribution >= 0.6 is 11.6 Å². The van der Waals surface area contributed by atoms with Crippen LogP contribution in [-0.4, -0.2) is 44.4 Å². The van der Waals surface area contributed by atoms with Crippen molar-refractivity contribution in [2.24, 2.45) is 0 Å². The number of pyridine rings is 1. The number of amides is 1. The highest BCUT2D eigenvalue weighted by molar-refractivity contribution is 6.32. The van der Waals surface area contributed by atoms with Crippen LogP contribution < -0.4 is 5.32 Å². The van der Waals surface area contributed by atoms with Gasteiger partial charge in [0, 0.05) is 36.7 Å². The lowest BCUT2D eigenvalue weighted by atomic mass is 9.96. The number of aryl methyl sites for hydroxylation is 1. The Morgan fingerprint density at radius 1 is 1.29 bits per heavy atom. The minimum atomic E-state index is -4.48. The van der Waals surface area contributed by atoms with E-state index in [-0.39, 0.29) is 29.1 Å². The van der Waals surface area contributed by atoms with Gasteiger partial charge in [0.1, 0.15) is 5.15 Å². The average molecular weight is 414 g/mol. The number of nitrogens with one attached hydrogen (secondary N) is 1. The largest absolute Gasteiger partial charge is 0.419 e. The first-order valence-electron chi connectivity index (χ1n) is 8.76. The van der Waals surface area contributed by atoms with Gasteiger partial charge in [0.05, 0.1) is 11.1 Å². The van der Waals surface area contributed by atoms with E-state index in [1.807, 2.05) is 6.92 Å². The standard InChI is InChI=1S/C18H19ClF3N5O/c1-10-5-6-13(15(19)25-10)16(28)27-7-3-4-14(11(27)2)26-17-23-8-12(9-24-17)18(20,21)22/h5-6,8-9,11,14H,3-4,7H2,1-2H3,(H,23,24,26)/t11-,14+/m0/s1. The Bertz CT molecular complexity index is 859. The zero-order valence-corrected chi connectivity index (χ0v) is 16.1. The first-order chi connectivity index (χ1) is 13.2. The molecule has 150 valence electrons. The van der Waals surface area contributed by atoms with Gasteiger partial charge >= 0.3 is 6.18 Å². The zero-order valence-electron chi connectivity index (χ0n) is 15.3. The number of aromatic nitrogens is 3. The molecule has 2 aromatic rings. The monoisotopic (exact) mass is 413 g/mol. The van der Waals surface area contributed by atoms with E-state index >= 15 is 0 Å². The minimum absolute atomic E-state index is 0.0918. The second kappa shape index (κ2) is 7.90. The lowest BCUT2D eigenvalue weighted by molar-refractivity contribution is -0.138. The summed E-state index contributed by atoms with van der Waals surface area (Å²) in [7, 11) is 0. The SMILES string of the molecule is Cc1ccc(C(=O)N2CCC[C@@H](Nc3ncc(C(F)(F)F)cn3)[C@@H]2C)c(Cl)n1. The number of anilines is 1. The van der Waals surface area contributed by atoms with Gasteiger partial charge in [0.15, 0.2) is 0 Å². The van der Waals surface area contributed by atoms with E-state index in [1.54, 1.807) is 24.0 Å². The van der Waals surface area contributed by atoms with Gasteiger partial charge in [-0.15, -0.1) is 0 Å². The van der Waals surface area contributed by atoms with Crippen LogP contribution in [0.5, 0.6) is 0 Å². The van der Waals surface area contributed by atoms with Gasteiger partial charge in [-0.1, -0.05) is 11.6 Å². The number of nitrogens with zero attached hydrogens (tertiary/aromatic N) is 4. The molecule has 1 N–H and O–H groups in total. The average Bonchev–Trinajstić information content (AvgIpc) is 2.63. The van der Waals surface area contributed by atoms with Crippen LogP contribution in [0, 0.1) is 6.92 Å². The van der Waals surface area contributed by atoms with Crippen molar-refractivity contribution in [3.05, 3.63) is 46.5 Å². The minimum Gasteiger partial charge on any atom is -0.349 e. The molecule has 1 fully saturated rings. The van der Waals surface area contributed by atoms with Gasteiger partial charge in [-0.3, -0.25) is 4.79 Å². The molecule has 0 bridgehead atoms. The van der Waals surface area contributed by atoms with Crippen molar-refractivity contribution in [3.63, 3.8) is 0 Å². The quantitative estimate of drug-likeness (QED) is 0.771. The van der Waals surface area contributed by atoms with E-state index in [4.69, 9.17) is 11.6 Å². The maximum Gasteiger partial charge on any atom is 0.419 e. The second-order valence-corrected chi connectivity index (χ2v) is 7.07. The van der Waals surface area contributed by atoms with Crippen molar-refractivity contribution in [2.75, 3.05) is 11.9 Å². The Kier molecular flexibility index (Phi) is 5.74. The summed E-state index contributed by atoms with van der Waals surface area (Å²) < 4.78 is 37.9. The van der Waals surface area contributed by atoms with Crippen LogP contribution in [0.2, 0.25) is 5.15 Å². The molecule has 0 radical (unpaired) electrons. The topological polar surface area (TPSA) is 71.0 Å². The molecule has 2 aromatic heterocycles. The van der Waals surface area contributed by atoms with Crippen LogP contribution in [0.1, 0.15) is 41.4 Å². The molecular weight excluding hydrogens is 395 g/mol. The smallest absolute Gasteiger partial charge is 0.349 e. The van der Waals surface area contributed by atoms with Crippen molar-refractivity contribution in [1.29, 1.82) is 0 Å². The van der Waals surface area contributed by atoms with E-state index < -0.39 is 11.7 Å². The lowest BCUT2D eigenvalue weighted by Gasteiger charge is -2.39. The number of hydrogen-bond donors (Lipinski definition) is 1. The Balaban J connectivity index is 1.73. The van der Waals surface area contributed by atoms with E-state index in [0.29, 0.717) is 17.8 Å². The molecular formula is C18H19ClF3N5O. The summed E-state index contributed by atoms with van der Waals surface area (Å²) in [5.41, 5.74) is 0.130. The predicted octanol–water partition coefficient (Wildman–Crippen LogP) is 3.96. The van der Waals surface area contributed by atoms with Crippen molar-refractivity contribution in [2.45, 2.75) is 44.9 Å². The summed E-state index contributed by atoms with van der Waals surface area (Å²) in [6.45, 7) is 4.21. The Labute approximate surface area is 165 Å². The number of carbonyl (C=O) groups excluding carboxylic acids is 1. The highest BCUT2D eigenvalue weighted by atomic mass is 35.5. The number of rotatable bonds is 3. The highest BCUT2D eigenvalue weighted by Crippen LogP contribution is 2.29. The Morgan fingerprint density at radius 2 is 1.96 bits per heavy atom. The van der Waals surface area contributed by atoms with Crippen molar-refractivity contribution < 1.29 is 18.0 Å². The predicted molar refractivity (Wildman–Crippen MR) is 98.2 cm³/mol. The maximum atomic E-state index is 12.9. The van der Waals surface area contributed by atoms with E-state index in [1.165, 1.54) is 0 Å². The van der Waals surface area contributed by atoms with Crippen LogP contribution in [0.15, 0.2) is 24.5 Å². The van der Waals surface area contributed by atoms with Crippen LogP contribution in [0.4, 0.5) is 19.1 Å². The summed E-state index contributed by atoms with van der Waals surface area (Å²) in [5, 5.41) is 3.19. The third kappa shape index (κ3) is 4.35. The molecule has 1 aliphatic heterocycles. The summed E-state index contributed by atoms with van der Waals surface area (Å²) >= 11 is 6.12. The second-order valence-electron chi connectivity index (χ2n) is 6.72. The van der Waals surface area contributed by atoms with Crippen LogP contribution in [-0.2, 0) is 6.18 Å². The Hall–Kier alpha value is -2.42. The van der Waals surface area contributed by atoms with Gasteiger partial charge in [-0.2, -0.15) is 13.2 Å². The van der Waals surface area contributed by atoms with Crippen LogP contribution in [0.25, 0.3) is 0 Å². The van der Waals surface area contributed by atoms with Crippen molar-refractivity contribution in [3.8, 4) is 0 Å². The summed E-state index contributed by atoms with van der Waals surface area (Å²) in [5.74, 6) is -0.140. The van der Waals surface area contributed by atoms with E-state index in [2.05, 4.69) is 20.3 Å².